The van der Waals surface area contributed by atoms with Crippen molar-refractivity contribution >= 4 is 5.91 Å². The van der Waals surface area contributed by atoms with Crippen molar-refractivity contribution in [3.05, 3.63) is 32.6 Å². The minimum atomic E-state index is -0.685. The summed E-state index contributed by atoms with van der Waals surface area (Å²) in [6.45, 7) is 3.04. The molecule has 5 nitrogen and oxygen atoms in total. The van der Waals surface area contributed by atoms with Crippen LogP contribution in [0.15, 0.2) is 15.8 Å². The normalized spacial score (nSPS) is 10.0. The van der Waals surface area contributed by atoms with E-state index in [-0.39, 0.29) is 0 Å². The second kappa shape index (κ2) is 3.38. The van der Waals surface area contributed by atoms with E-state index in [4.69, 9.17) is 0 Å². The van der Waals surface area contributed by atoms with E-state index in [1.165, 1.54) is 13.1 Å². The summed E-state index contributed by atoms with van der Waals surface area (Å²) in [6, 6.07) is 0. The zero-order chi connectivity index (χ0) is 10.0. The number of carbonyl (C=O) groups is 1. The molecule has 0 amide bonds. The van der Waals surface area contributed by atoms with Gasteiger partial charge in [-0.1, -0.05) is 6.92 Å². The molecule has 0 aliphatic rings. The third-order valence-electron chi connectivity index (χ3n) is 1.74. The quantitative estimate of drug-likeness (QED) is 0.651. The van der Waals surface area contributed by atoms with Crippen LogP contribution in [0.5, 0.6) is 0 Å². The Morgan fingerprint density at radius 2 is 2.15 bits per heavy atom. The molecule has 0 saturated heterocycles. The van der Waals surface area contributed by atoms with Crippen LogP contribution in [0.25, 0.3) is 0 Å². The van der Waals surface area contributed by atoms with E-state index in [1.807, 2.05) is 0 Å². The number of carbonyl (C=O) groups excluding carboxylic acids is 1. The first kappa shape index (κ1) is 9.44. The molecule has 0 spiro atoms. The molecule has 1 aromatic heterocycles. The molecule has 0 aliphatic heterocycles. The van der Waals surface area contributed by atoms with Gasteiger partial charge in [-0.2, -0.15) is 0 Å². The van der Waals surface area contributed by atoms with E-state index < -0.39 is 17.2 Å². The lowest BCUT2D eigenvalue weighted by Gasteiger charge is -2.00. The van der Waals surface area contributed by atoms with E-state index in [1.54, 1.807) is 6.92 Å². The molecule has 70 valence electrons. The molecule has 0 saturated carbocycles. The van der Waals surface area contributed by atoms with Gasteiger partial charge in [0.25, 0.3) is 5.56 Å². The van der Waals surface area contributed by atoms with E-state index in [9.17, 15) is 14.4 Å². The Morgan fingerprint density at radius 3 is 2.62 bits per heavy atom. The maximum Gasteiger partial charge on any atom is 0.335 e. The zero-order valence-electron chi connectivity index (χ0n) is 7.46. The molecule has 1 heterocycles. The summed E-state index contributed by atoms with van der Waals surface area (Å²) >= 11 is 0. The average molecular weight is 182 g/mol. The summed E-state index contributed by atoms with van der Waals surface area (Å²) in [5, 5.41) is 0. The predicted octanol–water partition coefficient (Wildman–Crippen LogP) is -0.241. The molecule has 0 aromatic carbocycles. The van der Waals surface area contributed by atoms with Crippen LogP contribution in [0.4, 0.5) is 0 Å². The number of H-pyrrole nitrogens is 1. The Balaban J connectivity index is 3.48. The van der Waals surface area contributed by atoms with Gasteiger partial charge >= 0.3 is 5.69 Å². The predicted molar refractivity (Wildman–Crippen MR) is 47.0 cm³/mol. The molecule has 0 fully saturated rings. The van der Waals surface area contributed by atoms with Crippen molar-refractivity contribution in [1.29, 1.82) is 0 Å². The van der Waals surface area contributed by atoms with E-state index in [2.05, 4.69) is 4.98 Å². The van der Waals surface area contributed by atoms with Crippen molar-refractivity contribution in [2.45, 2.75) is 20.3 Å². The SMILES string of the molecule is CCc1cn(C(C)=O)c(=O)[nH]c1=O. The number of rotatable bonds is 1. The van der Waals surface area contributed by atoms with Crippen molar-refractivity contribution in [3.63, 3.8) is 0 Å². The molecule has 0 radical (unpaired) electrons. The van der Waals surface area contributed by atoms with Gasteiger partial charge in [0.2, 0.25) is 5.91 Å². The summed E-state index contributed by atoms with van der Waals surface area (Å²) < 4.78 is 0.889. The Kier molecular flexibility index (Phi) is 2.46. The van der Waals surface area contributed by atoms with Crippen molar-refractivity contribution in [1.82, 2.24) is 9.55 Å². The number of aromatic amines is 1. The highest BCUT2D eigenvalue weighted by Gasteiger charge is 2.05. The summed E-state index contributed by atoms with van der Waals surface area (Å²) in [7, 11) is 0. The fraction of sp³-hybridized carbons (Fsp3) is 0.375. The van der Waals surface area contributed by atoms with Crippen molar-refractivity contribution in [2.75, 3.05) is 0 Å². The molecule has 0 bridgehead atoms. The molecule has 5 heteroatoms. The number of hydrogen-bond acceptors (Lipinski definition) is 3. The molecule has 1 aromatic rings. The second-order valence-electron chi connectivity index (χ2n) is 2.66. The molecule has 0 atom stereocenters. The van der Waals surface area contributed by atoms with Gasteiger partial charge in [-0.25, -0.2) is 9.36 Å². The van der Waals surface area contributed by atoms with Gasteiger partial charge in [0, 0.05) is 18.7 Å². The standard InChI is InChI=1S/C8H10N2O3/c1-3-6-4-10(5(2)11)8(13)9-7(6)12/h4H,3H2,1-2H3,(H,9,12,13). The van der Waals surface area contributed by atoms with Crippen LogP contribution in [-0.4, -0.2) is 15.5 Å². The molecule has 0 aliphatic carbocycles. The summed E-state index contributed by atoms with van der Waals surface area (Å²) in [5.74, 6) is -0.407. The molecule has 1 rings (SSSR count). The topological polar surface area (TPSA) is 71.9 Å². The maximum atomic E-state index is 11.1. The fourth-order valence-electron chi connectivity index (χ4n) is 0.996. The zero-order valence-corrected chi connectivity index (χ0v) is 7.46. The lowest BCUT2D eigenvalue weighted by molar-refractivity contribution is 0.0930. The van der Waals surface area contributed by atoms with Gasteiger partial charge in [-0.3, -0.25) is 14.6 Å². The summed E-state index contributed by atoms with van der Waals surface area (Å²) in [5.41, 5.74) is -0.686. The van der Waals surface area contributed by atoms with Gasteiger partial charge in [-0.05, 0) is 6.42 Å². The highest BCUT2D eigenvalue weighted by atomic mass is 16.2. The first-order valence-electron chi connectivity index (χ1n) is 3.92. The Bertz CT molecular complexity index is 441. The second-order valence-corrected chi connectivity index (χ2v) is 2.66. The molecule has 13 heavy (non-hydrogen) atoms. The van der Waals surface area contributed by atoms with Crippen molar-refractivity contribution in [3.8, 4) is 0 Å². The fourth-order valence-corrected chi connectivity index (χ4v) is 0.996. The largest absolute Gasteiger partial charge is 0.335 e. The van der Waals surface area contributed by atoms with Crippen LogP contribution in [0, 0.1) is 0 Å². The van der Waals surface area contributed by atoms with E-state index >= 15 is 0 Å². The Morgan fingerprint density at radius 1 is 1.54 bits per heavy atom. The van der Waals surface area contributed by atoms with E-state index in [0.29, 0.717) is 12.0 Å². The first-order chi connectivity index (χ1) is 6.06. The number of nitrogens with zero attached hydrogens (tertiary/aromatic N) is 1. The monoisotopic (exact) mass is 182 g/mol. The van der Waals surface area contributed by atoms with E-state index in [0.717, 1.165) is 4.57 Å². The Hall–Kier alpha value is -1.65. The van der Waals surface area contributed by atoms with Gasteiger partial charge in [0.15, 0.2) is 0 Å². The van der Waals surface area contributed by atoms with Gasteiger partial charge in [0.05, 0.1) is 0 Å². The van der Waals surface area contributed by atoms with Gasteiger partial charge < -0.3 is 0 Å². The highest BCUT2D eigenvalue weighted by molar-refractivity contribution is 5.75. The van der Waals surface area contributed by atoms with Crippen LogP contribution in [0.3, 0.4) is 0 Å². The highest BCUT2D eigenvalue weighted by Crippen LogP contribution is 1.88. The first-order valence-corrected chi connectivity index (χ1v) is 3.92. The number of aromatic nitrogens is 2. The van der Waals surface area contributed by atoms with Crippen molar-refractivity contribution < 1.29 is 4.79 Å². The van der Waals surface area contributed by atoms with Gasteiger partial charge in [0.1, 0.15) is 0 Å². The minimum absolute atomic E-state index is 0.407. The number of aryl methyl sites for hydroxylation is 1. The molecule has 1 N–H and O–H groups in total. The van der Waals surface area contributed by atoms with Crippen LogP contribution in [0.2, 0.25) is 0 Å². The third kappa shape index (κ3) is 1.74. The smallest absolute Gasteiger partial charge is 0.274 e. The lowest BCUT2D eigenvalue weighted by atomic mass is 10.3. The Labute approximate surface area is 74.0 Å². The minimum Gasteiger partial charge on any atom is -0.274 e. The molecular formula is C8H10N2O3. The third-order valence-corrected chi connectivity index (χ3v) is 1.74. The van der Waals surface area contributed by atoms with Gasteiger partial charge in [-0.15, -0.1) is 0 Å². The summed E-state index contributed by atoms with van der Waals surface area (Å²) in [4.78, 5) is 35.1. The average Bonchev–Trinajstić information content (AvgIpc) is 2.03. The van der Waals surface area contributed by atoms with Crippen LogP contribution in [-0.2, 0) is 6.42 Å². The molecular weight excluding hydrogens is 172 g/mol. The van der Waals surface area contributed by atoms with Crippen LogP contribution >= 0.6 is 0 Å². The van der Waals surface area contributed by atoms with Crippen LogP contribution in [0.1, 0.15) is 24.2 Å². The lowest BCUT2D eigenvalue weighted by Crippen LogP contribution is -2.34. The maximum absolute atomic E-state index is 11.1. The summed E-state index contributed by atoms with van der Waals surface area (Å²) in [6.07, 6.45) is 1.77. The van der Waals surface area contributed by atoms with Crippen LogP contribution < -0.4 is 11.2 Å². The number of nitrogens with one attached hydrogen (secondary N) is 1. The van der Waals surface area contributed by atoms with Crippen molar-refractivity contribution in [2.24, 2.45) is 0 Å². The molecule has 0 unspecified atom stereocenters. The number of hydrogen-bond donors (Lipinski definition) is 1.